The largest absolute Gasteiger partial charge is 0.493 e. The van der Waals surface area contributed by atoms with E-state index in [9.17, 15) is 0 Å². The lowest BCUT2D eigenvalue weighted by molar-refractivity contribution is 0.297. The summed E-state index contributed by atoms with van der Waals surface area (Å²) in [5.74, 6) is 1.53. The van der Waals surface area contributed by atoms with Gasteiger partial charge < -0.3 is 9.47 Å². The Morgan fingerprint density at radius 3 is 2.70 bits per heavy atom. The first-order chi connectivity index (χ1) is 9.63. The Kier molecular flexibility index (Phi) is 5.15. The third-order valence-electron chi connectivity index (χ3n) is 2.84. The van der Waals surface area contributed by atoms with Crippen LogP contribution in [-0.2, 0) is 19.3 Å². The van der Waals surface area contributed by atoms with Crippen LogP contribution in [0.15, 0.2) is 24.5 Å². The van der Waals surface area contributed by atoms with E-state index >= 15 is 0 Å². The molecule has 0 saturated heterocycles. The highest BCUT2D eigenvalue weighted by Gasteiger charge is 2.12. The lowest BCUT2D eigenvalue weighted by Crippen LogP contribution is -2.03. The molecule has 6 heteroatoms. The van der Waals surface area contributed by atoms with Gasteiger partial charge in [-0.3, -0.25) is 4.68 Å². The Morgan fingerprint density at radius 2 is 2.10 bits per heavy atom. The molecule has 20 heavy (non-hydrogen) atoms. The van der Waals surface area contributed by atoms with Gasteiger partial charge in [0, 0.05) is 25.5 Å². The number of hydrogen-bond acceptors (Lipinski definition) is 3. The van der Waals surface area contributed by atoms with E-state index in [1.807, 2.05) is 25.5 Å². The summed E-state index contributed by atoms with van der Waals surface area (Å²) in [7, 11) is 3.47. The highest BCUT2D eigenvalue weighted by atomic mass is 35.5. The number of aryl methyl sites for hydroxylation is 1. The molecule has 0 atom stereocenters. The molecule has 0 aliphatic rings. The first-order valence-corrected chi connectivity index (χ1v) is 7.08. The minimum absolute atomic E-state index is 0.381. The molecule has 0 amide bonds. The molecule has 0 aliphatic carbocycles. The number of hydrogen-bond donors (Lipinski definition) is 0. The second-order valence-electron chi connectivity index (χ2n) is 4.36. The summed E-state index contributed by atoms with van der Waals surface area (Å²) in [5, 5.41) is 4.62. The lowest BCUT2D eigenvalue weighted by Gasteiger charge is -2.13. The second kappa shape index (κ2) is 6.86. The Morgan fingerprint density at radius 1 is 1.30 bits per heavy atom. The summed E-state index contributed by atoms with van der Waals surface area (Å²) in [6.07, 6.45) is 4.53. The maximum Gasteiger partial charge on any atom is 0.179 e. The van der Waals surface area contributed by atoms with Crippen molar-refractivity contribution in [3.05, 3.63) is 40.7 Å². The molecule has 0 bridgehead atoms. The lowest BCUT2D eigenvalue weighted by atomic mass is 10.2. The molecule has 1 heterocycles. The molecule has 0 saturated carbocycles. The number of ether oxygens (including phenoxy) is 2. The fourth-order valence-electron chi connectivity index (χ4n) is 1.86. The van der Waals surface area contributed by atoms with Crippen LogP contribution in [-0.4, -0.2) is 23.5 Å². The van der Waals surface area contributed by atoms with Crippen LogP contribution in [0.25, 0.3) is 0 Å². The number of nitrogens with zero attached hydrogens (tertiary/aromatic N) is 2. The maximum absolute atomic E-state index is 6.20. The summed E-state index contributed by atoms with van der Waals surface area (Å²) in [6, 6.07) is 3.62. The SMILES string of the molecule is COc1cc(CCl)cc(Cl)c1OCCc1cnn(C)c1. The van der Waals surface area contributed by atoms with Crippen LogP contribution in [0.3, 0.4) is 0 Å². The predicted molar refractivity (Wildman–Crippen MR) is 80.0 cm³/mol. The normalized spacial score (nSPS) is 10.6. The molecule has 0 spiro atoms. The molecule has 0 fully saturated rings. The molecule has 1 aromatic carbocycles. The van der Waals surface area contributed by atoms with E-state index in [0.29, 0.717) is 29.0 Å². The summed E-state index contributed by atoms with van der Waals surface area (Å²) < 4.78 is 12.8. The summed E-state index contributed by atoms with van der Waals surface area (Å²) in [4.78, 5) is 0. The van der Waals surface area contributed by atoms with E-state index < -0.39 is 0 Å². The van der Waals surface area contributed by atoms with E-state index in [1.54, 1.807) is 17.9 Å². The van der Waals surface area contributed by atoms with Gasteiger partial charge in [0.25, 0.3) is 0 Å². The van der Waals surface area contributed by atoms with Gasteiger partial charge in [-0.2, -0.15) is 5.10 Å². The molecular weight excluding hydrogens is 299 g/mol. The van der Waals surface area contributed by atoms with E-state index in [4.69, 9.17) is 32.7 Å². The fraction of sp³-hybridized carbons (Fsp3) is 0.357. The fourth-order valence-corrected chi connectivity index (χ4v) is 2.30. The number of alkyl halides is 1. The molecule has 4 nitrogen and oxygen atoms in total. The van der Waals surface area contributed by atoms with Gasteiger partial charge in [-0.05, 0) is 23.3 Å². The molecular formula is C14H16Cl2N2O2. The third-order valence-corrected chi connectivity index (χ3v) is 3.43. The molecule has 2 aromatic rings. The number of aromatic nitrogens is 2. The van der Waals surface area contributed by atoms with Crippen molar-refractivity contribution >= 4 is 23.2 Å². The summed E-state index contributed by atoms with van der Waals surface area (Å²) in [5.41, 5.74) is 2.01. The van der Waals surface area contributed by atoms with Crippen LogP contribution < -0.4 is 9.47 Å². The van der Waals surface area contributed by atoms with E-state index in [1.165, 1.54) is 0 Å². The molecule has 108 valence electrons. The van der Waals surface area contributed by atoms with Gasteiger partial charge in [-0.1, -0.05) is 11.6 Å². The monoisotopic (exact) mass is 314 g/mol. The first kappa shape index (κ1) is 15.0. The highest BCUT2D eigenvalue weighted by Crippen LogP contribution is 2.36. The van der Waals surface area contributed by atoms with E-state index in [-0.39, 0.29) is 0 Å². The smallest absolute Gasteiger partial charge is 0.179 e. The molecule has 0 aliphatic heterocycles. The maximum atomic E-state index is 6.20. The van der Waals surface area contributed by atoms with Crippen LogP contribution >= 0.6 is 23.2 Å². The minimum atomic E-state index is 0.381. The van der Waals surface area contributed by atoms with Gasteiger partial charge in [0.1, 0.15) is 0 Å². The van der Waals surface area contributed by atoms with Crippen molar-refractivity contribution in [1.29, 1.82) is 0 Å². The van der Waals surface area contributed by atoms with Crippen LogP contribution in [0.5, 0.6) is 11.5 Å². The Hall–Kier alpha value is -1.39. The standard InChI is InChI=1S/C14H16Cl2N2O2/c1-18-9-10(8-17-18)3-4-20-14-12(16)5-11(7-15)6-13(14)19-2/h5-6,8-9H,3-4,7H2,1-2H3. The van der Waals surface area contributed by atoms with Crippen LogP contribution in [0.1, 0.15) is 11.1 Å². The Bertz CT molecular complexity index is 585. The van der Waals surface area contributed by atoms with Gasteiger partial charge in [0.2, 0.25) is 0 Å². The highest BCUT2D eigenvalue weighted by molar-refractivity contribution is 6.32. The number of benzene rings is 1. The molecule has 1 aromatic heterocycles. The van der Waals surface area contributed by atoms with Gasteiger partial charge in [0.05, 0.1) is 24.9 Å². The van der Waals surface area contributed by atoms with Crippen LogP contribution in [0, 0.1) is 0 Å². The topological polar surface area (TPSA) is 36.3 Å². The zero-order valence-corrected chi connectivity index (χ0v) is 12.9. The van der Waals surface area contributed by atoms with Gasteiger partial charge in [-0.15, -0.1) is 11.6 Å². The minimum Gasteiger partial charge on any atom is -0.493 e. The van der Waals surface area contributed by atoms with Crippen LogP contribution in [0.2, 0.25) is 5.02 Å². The van der Waals surface area contributed by atoms with Crippen molar-refractivity contribution < 1.29 is 9.47 Å². The van der Waals surface area contributed by atoms with Crippen molar-refractivity contribution in [1.82, 2.24) is 9.78 Å². The summed E-state index contributed by atoms with van der Waals surface area (Å²) in [6.45, 7) is 0.502. The van der Waals surface area contributed by atoms with Gasteiger partial charge >= 0.3 is 0 Å². The van der Waals surface area contributed by atoms with Crippen molar-refractivity contribution in [2.24, 2.45) is 7.05 Å². The number of halogens is 2. The van der Waals surface area contributed by atoms with Crippen molar-refractivity contribution in [2.45, 2.75) is 12.3 Å². The zero-order valence-electron chi connectivity index (χ0n) is 11.4. The summed E-state index contributed by atoms with van der Waals surface area (Å²) >= 11 is 12.0. The molecule has 2 rings (SSSR count). The van der Waals surface area contributed by atoms with E-state index in [2.05, 4.69) is 5.10 Å². The average molecular weight is 315 g/mol. The number of rotatable bonds is 6. The van der Waals surface area contributed by atoms with Crippen molar-refractivity contribution in [3.63, 3.8) is 0 Å². The predicted octanol–water partition coefficient (Wildman–Crippen LogP) is 3.44. The molecule has 0 unspecified atom stereocenters. The molecule has 0 radical (unpaired) electrons. The van der Waals surface area contributed by atoms with Gasteiger partial charge in [0.15, 0.2) is 11.5 Å². The van der Waals surface area contributed by atoms with Gasteiger partial charge in [-0.25, -0.2) is 0 Å². The third kappa shape index (κ3) is 3.58. The second-order valence-corrected chi connectivity index (χ2v) is 5.04. The Labute approximate surface area is 128 Å². The van der Waals surface area contributed by atoms with Crippen molar-refractivity contribution in [2.75, 3.05) is 13.7 Å². The van der Waals surface area contributed by atoms with Crippen LogP contribution in [0.4, 0.5) is 0 Å². The first-order valence-electron chi connectivity index (χ1n) is 6.16. The van der Waals surface area contributed by atoms with Crippen molar-refractivity contribution in [3.8, 4) is 11.5 Å². The zero-order chi connectivity index (χ0) is 14.5. The average Bonchev–Trinajstić information content (AvgIpc) is 2.85. The quantitative estimate of drug-likeness (QED) is 0.766. The Balaban J connectivity index is 2.05. The molecule has 0 N–H and O–H groups in total. The van der Waals surface area contributed by atoms with E-state index in [0.717, 1.165) is 17.5 Å². The number of methoxy groups -OCH3 is 1.